The zero-order valence-corrected chi connectivity index (χ0v) is 5.51. The molecule has 0 radical (unpaired) electrons. The van der Waals surface area contributed by atoms with Gasteiger partial charge in [0.05, 0.1) is 6.61 Å². The average molecular weight is 168 g/mol. The average Bonchev–Trinajstić information content (AvgIpc) is 2.14. The van der Waals surface area contributed by atoms with Gasteiger partial charge in [-0.2, -0.15) is 0 Å². The van der Waals surface area contributed by atoms with E-state index in [1.165, 1.54) is 0 Å². The second kappa shape index (κ2) is 2.65. The fourth-order valence-electron chi connectivity index (χ4n) is 0.885. The SMILES string of the molecule is OC[C@H]1O[C@@H](O)[C@](O)(F)[C@@H]1O. The molecule has 5 nitrogen and oxygen atoms in total. The monoisotopic (exact) mass is 168 g/mol. The summed E-state index contributed by atoms with van der Waals surface area (Å²) in [6.07, 6.45) is -5.29. The maximum Gasteiger partial charge on any atom is 0.286 e. The first-order valence-corrected chi connectivity index (χ1v) is 3.04. The van der Waals surface area contributed by atoms with E-state index >= 15 is 0 Å². The molecule has 0 spiro atoms. The van der Waals surface area contributed by atoms with Gasteiger partial charge in [0.1, 0.15) is 12.2 Å². The van der Waals surface area contributed by atoms with Crippen LogP contribution in [0.4, 0.5) is 4.39 Å². The van der Waals surface area contributed by atoms with Crippen LogP contribution >= 0.6 is 0 Å². The molecule has 11 heavy (non-hydrogen) atoms. The maximum absolute atomic E-state index is 12.7. The zero-order valence-electron chi connectivity index (χ0n) is 5.51. The highest BCUT2D eigenvalue weighted by Crippen LogP contribution is 2.30. The summed E-state index contributed by atoms with van der Waals surface area (Å²) in [6.45, 7) is -0.662. The number of hydrogen-bond acceptors (Lipinski definition) is 5. The molecule has 0 bridgehead atoms. The van der Waals surface area contributed by atoms with Crippen LogP contribution in [0, 0.1) is 0 Å². The summed E-state index contributed by atoms with van der Waals surface area (Å²) in [7, 11) is 0. The number of ether oxygens (including phenoxy) is 1. The molecule has 0 amide bonds. The zero-order chi connectivity index (χ0) is 8.65. The van der Waals surface area contributed by atoms with Crippen molar-refractivity contribution >= 4 is 0 Å². The van der Waals surface area contributed by atoms with Crippen molar-refractivity contribution in [2.75, 3.05) is 6.61 Å². The Hall–Kier alpha value is -0.270. The van der Waals surface area contributed by atoms with Crippen LogP contribution in [-0.2, 0) is 4.74 Å². The van der Waals surface area contributed by atoms with Gasteiger partial charge in [-0.05, 0) is 0 Å². The lowest BCUT2D eigenvalue weighted by atomic mass is 10.1. The van der Waals surface area contributed by atoms with Crippen LogP contribution in [0.15, 0.2) is 0 Å². The van der Waals surface area contributed by atoms with Gasteiger partial charge >= 0.3 is 0 Å². The molecule has 0 aliphatic carbocycles. The molecule has 0 aromatic rings. The summed E-state index contributed by atoms with van der Waals surface area (Å²) in [5, 5.41) is 34.5. The highest BCUT2D eigenvalue weighted by molar-refractivity contribution is 4.91. The lowest BCUT2D eigenvalue weighted by molar-refractivity contribution is -0.239. The molecule has 0 saturated carbocycles. The predicted octanol–water partition coefficient (Wildman–Crippen LogP) is -2.29. The Morgan fingerprint density at radius 2 is 2.00 bits per heavy atom. The van der Waals surface area contributed by atoms with E-state index in [-0.39, 0.29) is 0 Å². The molecule has 4 N–H and O–H groups in total. The van der Waals surface area contributed by atoms with Crippen molar-refractivity contribution in [1.82, 2.24) is 0 Å². The molecule has 6 heteroatoms. The van der Waals surface area contributed by atoms with Crippen molar-refractivity contribution in [3.63, 3.8) is 0 Å². The van der Waals surface area contributed by atoms with E-state index in [2.05, 4.69) is 4.74 Å². The number of aliphatic hydroxyl groups excluding tert-OH is 3. The number of halogens is 1. The fraction of sp³-hybridized carbons (Fsp3) is 1.00. The molecule has 1 saturated heterocycles. The lowest BCUT2D eigenvalue weighted by Gasteiger charge is -2.17. The van der Waals surface area contributed by atoms with Crippen molar-refractivity contribution in [3.05, 3.63) is 0 Å². The molecule has 0 unspecified atom stereocenters. The molecule has 4 atom stereocenters. The van der Waals surface area contributed by atoms with Crippen LogP contribution in [0.1, 0.15) is 0 Å². The first kappa shape index (κ1) is 8.82. The van der Waals surface area contributed by atoms with Gasteiger partial charge < -0.3 is 25.2 Å². The van der Waals surface area contributed by atoms with E-state index in [0.717, 1.165) is 0 Å². The number of aliphatic hydroxyl groups is 4. The fourth-order valence-corrected chi connectivity index (χ4v) is 0.885. The van der Waals surface area contributed by atoms with Gasteiger partial charge in [0, 0.05) is 0 Å². The van der Waals surface area contributed by atoms with Gasteiger partial charge in [0.25, 0.3) is 5.85 Å². The van der Waals surface area contributed by atoms with Gasteiger partial charge in [0.2, 0.25) is 6.29 Å². The largest absolute Gasteiger partial charge is 0.394 e. The molecule has 0 aromatic heterocycles. The normalized spacial score (nSPS) is 51.5. The molecular formula is C5H9FO5. The number of hydrogen-bond donors (Lipinski definition) is 4. The molecule has 1 aliphatic heterocycles. The third-order valence-electron chi connectivity index (χ3n) is 1.60. The van der Waals surface area contributed by atoms with Crippen molar-refractivity contribution < 1.29 is 29.6 Å². The summed E-state index contributed by atoms with van der Waals surface area (Å²) in [5.41, 5.74) is 0. The Labute approximate surface area is 61.6 Å². The van der Waals surface area contributed by atoms with E-state index < -0.39 is 31.0 Å². The lowest BCUT2D eigenvalue weighted by Crippen LogP contribution is -2.44. The molecule has 1 heterocycles. The van der Waals surface area contributed by atoms with Crippen molar-refractivity contribution in [2.45, 2.75) is 24.4 Å². The summed E-state index contributed by atoms with van der Waals surface area (Å²) < 4.78 is 16.9. The first-order valence-electron chi connectivity index (χ1n) is 3.04. The van der Waals surface area contributed by atoms with Crippen LogP contribution in [0.5, 0.6) is 0 Å². The molecule has 1 aliphatic rings. The summed E-state index contributed by atoms with van der Waals surface area (Å²) in [4.78, 5) is 0. The van der Waals surface area contributed by atoms with Crippen molar-refractivity contribution in [3.8, 4) is 0 Å². The van der Waals surface area contributed by atoms with E-state index in [1.807, 2.05) is 0 Å². The van der Waals surface area contributed by atoms with Crippen LogP contribution in [-0.4, -0.2) is 51.4 Å². The van der Waals surface area contributed by atoms with E-state index in [9.17, 15) is 4.39 Å². The third kappa shape index (κ3) is 1.23. The topological polar surface area (TPSA) is 90.2 Å². The second-order valence-electron chi connectivity index (χ2n) is 2.38. The van der Waals surface area contributed by atoms with Crippen molar-refractivity contribution in [1.29, 1.82) is 0 Å². The quantitative estimate of drug-likeness (QED) is 0.354. The molecule has 66 valence electrons. The minimum absolute atomic E-state index is 0.662. The van der Waals surface area contributed by atoms with E-state index in [1.54, 1.807) is 0 Å². The van der Waals surface area contributed by atoms with Crippen LogP contribution in [0.3, 0.4) is 0 Å². The Morgan fingerprint density at radius 3 is 2.18 bits per heavy atom. The smallest absolute Gasteiger partial charge is 0.286 e. The van der Waals surface area contributed by atoms with Gasteiger partial charge in [-0.25, -0.2) is 4.39 Å². The predicted molar refractivity (Wildman–Crippen MR) is 30.0 cm³/mol. The Balaban J connectivity index is 2.71. The Bertz CT molecular complexity index is 150. The first-order chi connectivity index (χ1) is 5.00. The van der Waals surface area contributed by atoms with Crippen LogP contribution in [0.2, 0.25) is 0 Å². The van der Waals surface area contributed by atoms with Gasteiger partial charge in [-0.1, -0.05) is 0 Å². The minimum atomic E-state index is -3.19. The minimum Gasteiger partial charge on any atom is -0.394 e. The maximum atomic E-state index is 12.7. The van der Waals surface area contributed by atoms with E-state index in [0.29, 0.717) is 0 Å². The summed E-state index contributed by atoms with van der Waals surface area (Å²) in [5.74, 6) is -3.19. The Kier molecular flexibility index (Phi) is 2.13. The summed E-state index contributed by atoms with van der Waals surface area (Å²) in [6, 6.07) is 0. The molecule has 1 rings (SSSR count). The number of rotatable bonds is 1. The molecule has 1 fully saturated rings. The highest BCUT2D eigenvalue weighted by atomic mass is 19.2. The van der Waals surface area contributed by atoms with Crippen molar-refractivity contribution in [2.24, 2.45) is 0 Å². The van der Waals surface area contributed by atoms with Gasteiger partial charge in [-0.15, -0.1) is 0 Å². The third-order valence-corrected chi connectivity index (χ3v) is 1.60. The number of alkyl halides is 1. The van der Waals surface area contributed by atoms with Gasteiger partial charge in [0.15, 0.2) is 0 Å². The van der Waals surface area contributed by atoms with Crippen LogP contribution in [0.25, 0.3) is 0 Å². The van der Waals surface area contributed by atoms with Crippen LogP contribution < -0.4 is 0 Å². The second-order valence-corrected chi connectivity index (χ2v) is 2.38. The molecular weight excluding hydrogens is 159 g/mol. The summed E-state index contributed by atoms with van der Waals surface area (Å²) >= 11 is 0. The standard InChI is InChI=1S/C5H9FO5/c6-5(10)3(8)2(1-7)11-4(5)9/h2-4,7-10H,1H2/t2-,3-,4-,5+/m1/s1. The van der Waals surface area contributed by atoms with E-state index in [4.69, 9.17) is 20.4 Å². The van der Waals surface area contributed by atoms with Gasteiger partial charge in [-0.3, -0.25) is 0 Å². The highest BCUT2D eigenvalue weighted by Gasteiger charge is 2.55. The Morgan fingerprint density at radius 1 is 1.45 bits per heavy atom. The molecule has 0 aromatic carbocycles.